The molecule has 1 saturated heterocycles. The molecule has 0 aromatic rings. The summed E-state index contributed by atoms with van der Waals surface area (Å²) in [7, 11) is 0. The van der Waals surface area contributed by atoms with Crippen LogP contribution in [0.25, 0.3) is 0 Å². The molecule has 0 aromatic heterocycles. The van der Waals surface area contributed by atoms with Gasteiger partial charge in [0.15, 0.2) is 0 Å². The molecular formula is C10H19NO2. The van der Waals surface area contributed by atoms with Gasteiger partial charge in [-0.3, -0.25) is 0 Å². The van der Waals surface area contributed by atoms with Gasteiger partial charge in [-0.2, -0.15) is 0 Å². The molecule has 1 aliphatic heterocycles. The Morgan fingerprint density at radius 2 is 2.38 bits per heavy atom. The zero-order valence-corrected chi connectivity index (χ0v) is 8.42. The minimum atomic E-state index is -0.928. The van der Waals surface area contributed by atoms with Crippen LogP contribution in [0.3, 0.4) is 0 Å². The van der Waals surface area contributed by atoms with E-state index in [0.29, 0.717) is 12.5 Å². The highest BCUT2D eigenvalue weighted by molar-refractivity contribution is 4.98. The van der Waals surface area contributed by atoms with Crippen LogP contribution in [-0.2, 0) is 4.74 Å². The number of ether oxygens (including phenoxy) is 1. The summed E-state index contributed by atoms with van der Waals surface area (Å²) in [6.07, 6.45) is 2.44. The van der Waals surface area contributed by atoms with Crippen molar-refractivity contribution in [2.45, 2.75) is 32.2 Å². The van der Waals surface area contributed by atoms with Crippen LogP contribution in [0.2, 0.25) is 0 Å². The summed E-state index contributed by atoms with van der Waals surface area (Å²) >= 11 is 0. The number of hydrogen-bond donors (Lipinski definition) is 2. The van der Waals surface area contributed by atoms with Crippen LogP contribution >= 0.6 is 0 Å². The van der Waals surface area contributed by atoms with Crippen molar-refractivity contribution in [3.05, 3.63) is 12.7 Å². The quantitative estimate of drug-likeness (QED) is 0.477. The highest BCUT2D eigenvalue weighted by Gasteiger charge is 2.53. The summed E-state index contributed by atoms with van der Waals surface area (Å²) in [5.74, 6) is -0.330. The fourth-order valence-electron chi connectivity index (χ4n) is 1.29. The lowest BCUT2D eigenvalue weighted by atomic mass is 10.2. The first-order valence-corrected chi connectivity index (χ1v) is 4.80. The average molecular weight is 185 g/mol. The summed E-state index contributed by atoms with van der Waals surface area (Å²) in [5.41, 5.74) is 0. The van der Waals surface area contributed by atoms with E-state index >= 15 is 0 Å². The predicted octanol–water partition coefficient (Wildman–Crippen LogP) is 0.895. The van der Waals surface area contributed by atoms with Crippen molar-refractivity contribution in [3.8, 4) is 0 Å². The highest BCUT2D eigenvalue weighted by atomic mass is 16.7. The van der Waals surface area contributed by atoms with E-state index in [1.807, 2.05) is 0 Å². The molecule has 0 radical (unpaired) electrons. The van der Waals surface area contributed by atoms with Gasteiger partial charge in [-0.05, 0) is 18.9 Å². The minimum absolute atomic E-state index is 0.0512. The molecule has 1 rings (SSSR count). The monoisotopic (exact) mass is 185 g/mol. The minimum Gasteiger partial charge on any atom is -0.362 e. The van der Waals surface area contributed by atoms with E-state index < -0.39 is 5.79 Å². The molecule has 0 unspecified atom stereocenters. The van der Waals surface area contributed by atoms with Gasteiger partial charge in [0.1, 0.15) is 6.10 Å². The Kier molecular flexibility index (Phi) is 3.47. The fraction of sp³-hybridized carbons (Fsp3) is 0.800. The largest absolute Gasteiger partial charge is 0.362 e. The van der Waals surface area contributed by atoms with Crippen LogP contribution < -0.4 is 5.32 Å². The highest BCUT2D eigenvalue weighted by Crippen LogP contribution is 2.35. The van der Waals surface area contributed by atoms with Crippen molar-refractivity contribution in [1.82, 2.24) is 5.32 Å². The molecule has 3 heteroatoms. The van der Waals surface area contributed by atoms with Crippen molar-refractivity contribution < 1.29 is 9.84 Å². The summed E-state index contributed by atoms with van der Waals surface area (Å²) in [6.45, 7) is 9.29. The van der Waals surface area contributed by atoms with Gasteiger partial charge in [-0.1, -0.05) is 19.9 Å². The third-order valence-corrected chi connectivity index (χ3v) is 2.10. The van der Waals surface area contributed by atoms with E-state index in [4.69, 9.17) is 4.74 Å². The van der Waals surface area contributed by atoms with Crippen LogP contribution in [0.4, 0.5) is 0 Å². The van der Waals surface area contributed by atoms with Crippen LogP contribution in [0.1, 0.15) is 20.3 Å². The van der Waals surface area contributed by atoms with Gasteiger partial charge in [0, 0.05) is 0 Å². The Bertz CT molecular complexity index is 182. The topological polar surface area (TPSA) is 44.8 Å². The summed E-state index contributed by atoms with van der Waals surface area (Å²) in [5, 5.41) is 12.9. The second-order valence-corrected chi connectivity index (χ2v) is 4.00. The molecule has 0 amide bonds. The molecule has 76 valence electrons. The number of aliphatic hydroxyl groups is 1. The summed E-state index contributed by atoms with van der Waals surface area (Å²) < 4.78 is 5.15. The van der Waals surface area contributed by atoms with Gasteiger partial charge >= 0.3 is 0 Å². The SMILES string of the molecule is C=CC[C@H]1O[C@@]1(O)CNCC(C)C. The van der Waals surface area contributed by atoms with E-state index in [9.17, 15) is 5.11 Å². The smallest absolute Gasteiger partial charge is 0.206 e. The second-order valence-electron chi connectivity index (χ2n) is 4.00. The van der Waals surface area contributed by atoms with Gasteiger partial charge < -0.3 is 15.2 Å². The van der Waals surface area contributed by atoms with E-state index in [1.165, 1.54) is 0 Å². The number of nitrogens with one attached hydrogen (secondary N) is 1. The van der Waals surface area contributed by atoms with E-state index in [1.54, 1.807) is 6.08 Å². The van der Waals surface area contributed by atoms with E-state index in [0.717, 1.165) is 13.0 Å². The maximum absolute atomic E-state index is 9.70. The fourth-order valence-corrected chi connectivity index (χ4v) is 1.29. The molecule has 1 fully saturated rings. The van der Waals surface area contributed by atoms with Crippen LogP contribution in [0.5, 0.6) is 0 Å². The van der Waals surface area contributed by atoms with Crippen LogP contribution in [0, 0.1) is 5.92 Å². The number of rotatable bonds is 6. The third-order valence-electron chi connectivity index (χ3n) is 2.10. The Labute approximate surface area is 79.8 Å². The third kappa shape index (κ3) is 3.10. The summed E-state index contributed by atoms with van der Waals surface area (Å²) in [4.78, 5) is 0. The zero-order chi connectivity index (χ0) is 9.90. The predicted molar refractivity (Wildman–Crippen MR) is 52.3 cm³/mol. The van der Waals surface area contributed by atoms with Crippen molar-refractivity contribution in [3.63, 3.8) is 0 Å². The molecular weight excluding hydrogens is 166 g/mol. The van der Waals surface area contributed by atoms with Crippen molar-refractivity contribution in [2.75, 3.05) is 13.1 Å². The number of hydrogen-bond acceptors (Lipinski definition) is 3. The Morgan fingerprint density at radius 3 is 2.92 bits per heavy atom. The molecule has 0 aliphatic carbocycles. The maximum atomic E-state index is 9.70. The lowest BCUT2D eigenvalue weighted by molar-refractivity contribution is 0.0365. The van der Waals surface area contributed by atoms with Crippen molar-refractivity contribution in [2.24, 2.45) is 5.92 Å². The standard InChI is InChI=1S/C10H19NO2/c1-4-5-9-10(12,13-9)7-11-6-8(2)3/h4,8-9,11-12H,1,5-7H2,2-3H3/t9-,10+/m1/s1. The molecule has 3 nitrogen and oxygen atoms in total. The number of epoxide rings is 1. The van der Waals surface area contributed by atoms with Crippen LogP contribution in [-0.4, -0.2) is 30.1 Å². The first-order valence-electron chi connectivity index (χ1n) is 4.80. The molecule has 13 heavy (non-hydrogen) atoms. The average Bonchev–Trinajstić information content (AvgIpc) is 2.62. The van der Waals surface area contributed by atoms with Gasteiger partial charge in [-0.15, -0.1) is 6.58 Å². The van der Waals surface area contributed by atoms with Gasteiger partial charge in [-0.25, -0.2) is 0 Å². The normalized spacial score (nSPS) is 32.2. The molecule has 0 aromatic carbocycles. The molecule has 0 saturated carbocycles. The lowest BCUT2D eigenvalue weighted by Gasteiger charge is -2.09. The second kappa shape index (κ2) is 4.22. The maximum Gasteiger partial charge on any atom is 0.206 e. The molecule has 1 aliphatic rings. The lowest BCUT2D eigenvalue weighted by Crippen LogP contribution is -2.33. The van der Waals surface area contributed by atoms with Gasteiger partial charge in [0.2, 0.25) is 5.79 Å². The van der Waals surface area contributed by atoms with Crippen molar-refractivity contribution in [1.29, 1.82) is 0 Å². The zero-order valence-electron chi connectivity index (χ0n) is 8.42. The van der Waals surface area contributed by atoms with E-state index in [2.05, 4.69) is 25.7 Å². The van der Waals surface area contributed by atoms with E-state index in [-0.39, 0.29) is 6.10 Å². The van der Waals surface area contributed by atoms with Crippen LogP contribution in [0.15, 0.2) is 12.7 Å². The Morgan fingerprint density at radius 1 is 1.69 bits per heavy atom. The Balaban J connectivity index is 2.12. The summed E-state index contributed by atoms with van der Waals surface area (Å²) in [6, 6.07) is 0. The molecule has 0 spiro atoms. The van der Waals surface area contributed by atoms with Gasteiger partial charge in [0.05, 0.1) is 6.54 Å². The van der Waals surface area contributed by atoms with Gasteiger partial charge in [0.25, 0.3) is 0 Å². The first kappa shape index (κ1) is 10.7. The van der Waals surface area contributed by atoms with Crippen molar-refractivity contribution >= 4 is 0 Å². The first-order chi connectivity index (χ1) is 6.08. The molecule has 2 N–H and O–H groups in total. The molecule has 1 heterocycles. The molecule has 0 bridgehead atoms. The Hall–Kier alpha value is -0.380. The molecule has 2 atom stereocenters.